The number of benzene rings is 2. The van der Waals surface area contributed by atoms with E-state index in [9.17, 15) is 18.0 Å². The van der Waals surface area contributed by atoms with Gasteiger partial charge >= 0.3 is 6.18 Å². The lowest BCUT2D eigenvalue weighted by molar-refractivity contribution is -0.143. The van der Waals surface area contributed by atoms with E-state index in [0.29, 0.717) is 22.9 Å². The maximum atomic E-state index is 14.6. The van der Waals surface area contributed by atoms with Gasteiger partial charge in [0.15, 0.2) is 0 Å². The molecule has 0 saturated heterocycles. The molecule has 0 N–H and O–H groups in total. The predicted octanol–water partition coefficient (Wildman–Crippen LogP) is 5.83. The fourth-order valence-electron chi connectivity index (χ4n) is 3.99. The summed E-state index contributed by atoms with van der Waals surface area (Å²) in [6.45, 7) is 1.87. The summed E-state index contributed by atoms with van der Waals surface area (Å²) < 4.78 is 55.8. The maximum Gasteiger partial charge on any atom is 0.432 e. The van der Waals surface area contributed by atoms with E-state index in [1.165, 1.54) is 30.7 Å². The molecule has 3 heterocycles. The average Bonchev–Trinajstić information content (AvgIpc) is 3.49. The summed E-state index contributed by atoms with van der Waals surface area (Å²) in [6.07, 6.45) is -2.23. The van der Waals surface area contributed by atoms with Crippen molar-refractivity contribution < 1.29 is 27.1 Å². The third-order valence-corrected chi connectivity index (χ3v) is 5.77. The molecule has 0 radical (unpaired) electrons. The molecule has 0 spiro atoms. The fraction of sp³-hybridized carbons (Fsp3) is 0.160. The Labute approximate surface area is 212 Å². The van der Waals surface area contributed by atoms with Crippen molar-refractivity contribution in [1.82, 2.24) is 24.7 Å². The lowest BCUT2D eigenvalue weighted by Crippen LogP contribution is -2.19. The van der Waals surface area contributed by atoms with Crippen LogP contribution < -0.4 is 4.74 Å². The van der Waals surface area contributed by atoms with E-state index >= 15 is 0 Å². The van der Waals surface area contributed by atoms with Crippen molar-refractivity contribution in [2.24, 2.45) is 0 Å². The normalized spacial score (nSPS) is 11.7. The zero-order valence-electron chi connectivity index (χ0n) is 19.2. The quantitative estimate of drug-likeness (QED) is 0.246. The molecule has 5 aromatic rings. The van der Waals surface area contributed by atoms with E-state index in [1.807, 2.05) is 0 Å². The Hall–Kier alpha value is -4.25. The number of carbonyl (C=O) groups is 1. The van der Waals surface area contributed by atoms with Crippen molar-refractivity contribution >= 4 is 28.3 Å². The molecule has 12 heteroatoms. The number of aromatic nitrogens is 5. The van der Waals surface area contributed by atoms with Crippen molar-refractivity contribution in [1.29, 1.82) is 0 Å². The molecule has 0 bridgehead atoms. The first-order valence-corrected chi connectivity index (χ1v) is 11.4. The second-order valence-corrected chi connectivity index (χ2v) is 8.32. The number of carbonyl (C=O) groups excluding carboxylic acids is 1. The molecule has 37 heavy (non-hydrogen) atoms. The van der Waals surface area contributed by atoms with Gasteiger partial charge in [0.05, 0.1) is 12.2 Å². The molecule has 5 rings (SSSR count). The minimum Gasteiger partial charge on any atom is -0.494 e. The molecule has 0 aliphatic rings. The van der Waals surface area contributed by atoms with Gasteiger partial charge in [0.1, 0.15) is 23.5 Å². The molecule has 0 atom stereocenters. The number of ether oxygens (including phenoxy) is 1. The Morgan fingerprint density at radius 3 is 2.57 bits per heavy atom. The Bertz CT molecular complexity index is 1580. The van der Waals surface area contributed by atoms with Gasteiger partial charge in [0.2, 0.25) is 0 Å². The highest BCUT2D eigenvalue weighted by atomic mass is 35.5. The highest BCUT2D eigenvalue weighted by molar-refractivity contribution is 6.30. The van der Waals surface area contributed by atoms with Crippen LogP contribution in [0.4, 0.5) is 13.2 Å². The maximum absolute atomic E-state index is 14.6. The highest BCUT2D eigenvalue weighted by Gasteiger charge is 2.42. The molecule has 0 saturated carbocycles. The smallest absolute Gasteiger partial charge is 0.432 e. The second-order valence-electron chi connectivity index (χ2n) is 7.88. The van der Waals surface area contributed by atoms with Crippen LogP contribution in [-0.4, -0.2) is 37.1 Å². The number of rotatable bonds is 7. The van der Waals surface area contributed by atoms with Crippen LogP contribution in [-0.2, 0) is 12.7 Å². The van der Waals surface area contributed by atoms with Gasteiger partial charge in [-0.2, -0.15) is 13.2 Å². The van der Waals surface area contributed by atoms with Gasteiger partial charge < -0.3 is 13.7 Å². The van der Waals surface area contributed by atoms with Crippen molar-refractivity contribution in [2.45, 2.75) is 19.6 Å². The number of fused-ring (bicyclic) bond motifs is 1. The van der Waals surface area contributed by atoms with E-state index < -0.39 is 29.1 Å². The van der Waals surface area contributed by atoms with Crippen molar-refractivity contribution in [2.75, 3.05) is 6.61 Å². The monoisotopic (exact) mass is 527 g/mol. The van der Waals surface area contributed by atoms with E-state index in [2.05, 4.69) is 20.2 Å². The Balaban J connectivity index is 1.71. The predicted molar refractivity (Wildman–Crippen MR) is 127 cm³/mol. The summed E-state index contributed by atoms with van der Waals surface area (Å²) in [5.74, 6) is -1.49. The summed E-state index contributed by atoms with van der Waals surface area (Å²) in [4.78, 5) is 21.3. The summed E-state index contributed by atoms with van der Waals surface area (Å²) in [6, 6.07) is 12.3. The van der Waals surface area contributed by atoms with Crippen LogP contribution in [0.3, 0.4) is 0 Å². The summed E-state index contributed by atoms with van der Waals surface area (Å²) in [5.41, 5.74) is -0.789. The first-order valence-electron chi connectivity index (χ1n) is 11.0. The van der Waals surface area contributed by atoms with Crippen LogP contribution in [0.2, 0.25) is 5.02 Å². The number of halogens is 4. The molecule has 0 aliphatic heterocycles. The van der Waals surface area contributed by atoms with Crippen LogP contribution in [0, 0.1) is 0 Å². The van der Waals surface area contributed by atoms with E-state index in [1.54, 1.807) is 37.3 Å². The van der Waals surface area contributed by atoms with Gasteiger partial charge in [-0.15, -0.1) is 10.2 Å². The summed E-state index contributed by atoms with van der Waals surface area (Å²) >= 11 is 5.94. The Kier molecular flexibility index (Phi) is 6.38. The van der Waals surface area contributed by atoms with Gasteiger partial charge in [-0.1, -0.05) is 23.7 Å². The SMILES string of the molecule is CCOc1ccc2c(c1)c(C(=O)c1nnc(-c3ccncn3)o1)c(C(F)(F)F)n2Cc1ccc(Cl)cc1. The molecular weight excluding hydrogens is 511 g/mol. The lowest BCUT2D eigenvalue weighted by atomic mass is 10.1. The zero-order chi connectivity index (χ0) is 26.2. The second kappa shape index (κ2) is 9.66. The van der Waals surface area contributed by atoms with Crippen LogP contribution in [0.1, 0.15) is 34.4 Å². The first kappa shape index (κ1) is 24.4. The number of alkyl halides is 3. The van der Waals surface area contributed by atoms with Gasteiger partial charge in [-0.25, -0.2) is 9.97 Å². The number of nitrogens with zero attached hydrogens (tertiary/aromatic N) is 5. The van der Waals surface area contributed by atoms with Crippen LogP contribution in [0.15, 0.2) is 65.5 Å². The van der Waals surface area contributed by atoms with Gasteiger partial charge in [-0.05, 0) is 48.9 Å². The molecule has 2 aromatic carbocycles. The molecule has 0 aliphatic carbocycles. The van der Waals surface area contributed by atoms with E-state index in [4.69, 9.17) is 20.8 Å². The lowest BCUT2D eigenvalue weighted by Gasteiger charge is -2.14. The average molecular weight is 528 g/mol. The van der Waals surface area contributed by atoms with Gasteiger partial charge in [0.25, 0.3) is 17.6 Å². The van der Waals surface area contributed by atoms with E-state index in [0.717, 1.165) is 4.57 Å². The molecule has 188 valence electrons. The van der Waals surface area contributed by atoms with E-state index in [-0.39, 0.29) is 29.0 Å². The minimum atomic E-state index is -4.89. The van der Waals surface area contributed by atoms with Crippen molar-refractivity contribution in [3.8, 4) is 17.3 Å². The highest BCUT2D eigenvalue weighted by Crippen LogP contribution is 2.41. The number of hydrogen-bond donors (Lipinski definition) is 0. The minimum absolute atomic E-state index is 0.0408. The topological polar surface area (TPSA) is 95.9 Å². The molecule has 3 aromatic heterocycles. The molecule has 0 unspecified atom stereocenters. The van der Waals surface area contributed by atoms with Crippen LogP contribution in [0.25, 0.3) is 22.5 Å². The van der Waals surface area contributed by atoms with Gasteiger partial charge in [0, 0.05) is 28.7 Å². The third kappa shape index (κ3) is 4.77. The molecule has 8 nitrogen and oxygen atoms in total. The number of ketones is 1. The van der Waals surface area contributed by atoms with Gasteiger partial charge in [-0.3, -0.25) is 4.79 Å². The summed E-state index contributed by atoms with van der Waals surface area (Å²) in [7, 11) is 0. The van der Waals surface area contributed by atoms with Crippen molar-refractivity contribution in [3.63, 3.8) is 0 Å². The third-order valence-electron chi connectivity index (χ3n) is 5.52. The Morgan fingerprint density at radius 1 is 1.11 bits per heavy atom. The van der Waals surface area contributed by atoms with Crippen LogP contribution in [0.5, 0.6) is 5.75 Å². The zero-order valence-corrected chi connectivity index (χ0v) is 19.9. The largest absolute Gasteiger partial charge is 0.494 e. The molecule has 0 amide bonds. The molecule has 0 fully saturated rings. The standard InChI is InChI=1S/C25H17ClF3N5O3/c1-2-36-16-7-8-19-17(11-16)20(21(35)24-33-32-23(37-24)18-9-10-30-13-31-18)22(25(27,28)29)34(19)12-14-3-5-15(26)6-4-14/h3-11,13H,2,12H2,1H3. The fourth-order valence-corrected chi connectivity index (χ4v) is 4.12. The van der Waals surface area contributed by atoms with Crippen molar-refractivity contribution in [3.05, 3.63) is 88.8 Å². The number of hydrogen-bond acceptors (Lipinski definition) is 7. The summed E-state index contributed by atoms with van der Waals surface area (Å²) in [5, 5.41) is 7.98. The van der Waals surface area contributed by atoms with Crippen LogP contribution >= 0.6 is 11.6 Å². The Morgan fingerprint density at radius 2 is 1.89 bits per heavy atom. The molecular formula is C25H17ClF3N5O3. The first-order chi connectivity index (χ1) is 17.8.